The van der Waals surface area contributed by atoms with Crippen LogP contribution in [0, 0.1) is 22.5 Å². The molecule has 84 valence electrons. The van der Waals surface area contributed by atoms with Crippen molar-refractivity contribution in [3.8, 4) is 18.1 Å². The van der Waals surface area contributed by atoms with Crippen LogP contribution in [0.3, 0.4) is 0 Å². The van der Waals surface area contributed by atoms with Crippen molar-refractivity contribution >= 4 is 11.4 Å². The van der Waals surface area contributed by atoms with Gasteiger partial charge in [0.25, 0.3) is 5.69 Å². The van der Waals surface area contributed by atoms with Gasteiger partial charge in [-0.2, -0.15) is 0 Å². The van der Waals surface area contributed by atoms with Gasteiger partial charge < -0.3 is 10.2 Å². The van der Waals surface area contributed by atoms with Gasteiger partial charge in [0.2, 0.25) is 0 Å². The summed E-state index contributed by atoms with van der Waals surface area (Å²) < 4.78 is 5.26. The number of nitrogens with zero attached hydrogens (tertiary/aromatic N) is 1. The van der Waals surface area contributed by atoms with Gasteiger partial charge >= 0.3 is 0 Å². The van der Waals surface area contributed by atoms with Crippen LogP contribution in [-0.4, -0.2) is 11.0 Å². The zero-order valence-electron chi connectivity index (χ0n) is 8.64. The molecule has 0 aliphatic carbocycles. The Bertz CT molecular complexity index is 439. The van der Waals surface area contributed by atoms with Crippen LogP contribution in [0.5, 0.6) is 5.75 Å². The summed E-state index contributed by atoms with van der Waals surface area (Å²) in [6.45, 7) is 1.66. The van der Waals surface area contributed by atoms with E-state index in [1.165, 1.54) is 18.2 Å². The monoisotopic (exact) mass is 221 g/mol. The fourth-order valence-electron chi connectivity index (χ4n) is 1.08. The highest BCUT2D eigenvalue weighted by Crippen LogP contribution is 2.26. The largest absolute Gasteiger partial charge is 0.478 e. The van der Waals surface area contributed by atoms with Gasteiger partial charge in [-0.25, -0.2) is 0 Å². The standard InChI is InChI=1S/C10H11N3O3/c1-3-7(2)16-10-5-8(12-11)4-9(6-10)13(14)15/h1,4-7,12H,11H2,2H3. The predicted molar refractivity (Wildman–Crippen MR) is 59.8 cm³/mol. The Balaban J connectivity index is 3.05. The third kappa shape index (κ3) is 2.87. The highest BCUT2D eigenvalue weighted by atomic mass is 16.6. The molecule has 1 unspecified atom stereocenters. The third-order valence-electron chi connectivity index (χ3n) is 1.82. The summed E-state index contributed by atoms with van der Waals surface area (Å²) >= 11 is 0. The average molecular weight is 221 g/mol. The molecule has 0 bridgehead atoms. The Morgan fingerprint density at radius 2 is 2.31 bits per heavy atom. The molecule has 1 atom stereocenters. The van der Waals surface area contributed by atoms with Crippen molar-refractivity contribution in [3.05, 3.63) is 28.3 Å². The number of non-ortho nitro benzene ring substituents is 1. The summed E-state index contributed by atoms with van der Waals surface area (Å²) in [5.74, 6) is 7.84. The van der Waals surface area contributed by atoms with E-state index in [1.54, 1.807) is 6.92 Å². The van der Waals surface area contributed by atoms with E-state index in [2.05, 4.69) is 11.3 Å². The highest BCUT2D eigenvalue weighted by molar-refractivity contribution is 5.55. The minimum absolute atomic E-state index is 0.116. The molecular weight excluding hydrogens is 210 g/mol. The second-order valence-corrected chi connectivity index (χ2v) is 3.04. The molecule has 3 N–H and O–H groups in total. The molecule has 0 fully saturated rings. The number of nitrogens with two attached hydrogens (primary N) is 1. The molecule has 0 amide bonds. The molecule has 16 heavy (non-hydrogen) atoms. The summed E-state index contributed by atoms with van der Waals surface area (Å²) in [4.78, 5) is 10.1. The first-order valence-electron chi connectivity index (χ1n) is 4.45. The lowest BCUT2D eigenvalue weighted by Gasteiger charge is -2.10. The van der Waals surface area contributed by atoms with E-state index >= 15 is 0 Å². The van der Waals surface area contributed by atoms with Crippen LogP contribution < -0.4 is 16.0 Å². The number of rotatable bonds is 4. The molecule has 6 heteroatoms. The minimum Gasteiger partial charge on any atom is -0.478 e. The number of nitro benzene ring substituents is 1. The number of hydrazine groups is 1. The van der Waals surface area contributed by atoms with Gasteiger partial charge in [0.1, 0.15) is 5.75 Å². The van der Waals surface area contributed by atoms with Gasteiger partial charge in [0, 0.05) is 12.1 Å². The van der Waals surface area contributed by atoms with Crippen LogP contribution in [-0.2, 0) is 0 Å². The van der Waals surface area contributed by atoms with Gasteiger partial charge in [-0.05, 0) is 6.92 Å². The van der Waals surface area contributed by atoms with Crippen LogP contribution in [0.15, 0.2) is 18.2 Å². The molecule has 0 aromatic heterocycles. The second kappa shape index (κ2) is 5.00. The average Bonchev–Trinajstić information content (AvgIpc) is 2.28. The third-order valence-corrected chi connectivity index (χ3v) is 1.82. The zero-order chi connectivity index (χ0) is 12.1. The van der Waals surface area contributed by atoms with E-state index < -0.39 is 11.0 Å². The second-order valence-electron chi connectivity index (χ2n) is 3.04. The summed E-state index contributed by atoms with van der Waals surface area (Å²) in [6, 6.07) is 4.11. The quantitative estimate of drug-likeness (QED) is 0.346. The van der Waals surface area contributed by atoms with E-state index in [0.29, 0.717) is 11.4 Å². The number of terminal acetylenes is 1. The van der Waals surface area contributed by atoms with E-state index in [0.717, 1.165) is 0 Å². The number of nitro groups is 1. The molecule has 1 aromatic rings. The van der Waals surface area contributed by atoms with Crippen molar-refractivity contribution in [2.24, 2.45) is 5.84 Å². The number of ether oxygens (including phenoxy) is 1. The number of anilines is 1. The van der Waals surface area contributed by atoms with Gasteiger partial charge in [0.15, 0.2) is 6.10 Å². The molecule has 1 aromatic carbocycles. The first kappa shape index (κ1) is 11.8. The van der Waals surface area contributed by atoms with E-state index in [4.69, 9.17) is 17.0 Å². The van der Waals surface area contributed by atoms with Crippen molar-refractivity contribution in [2.45, 2.75) is 13.0 Å². The number of nitrogens with one attached hydrogen (secondary N) is 1. The van der Waals surface area contributed by atoms with E-state index in [9.17, 15) is 10.1 Å². The summed E-state index contributed by atoms with van der Waals surface area (Å²) in [6.07, 6.45) is 4.67. The molecule has 1 rings (SSSR count). The first-order chi connectivity index (χ1) is 7.56. The number of hydrogen-bond acceptors (Lipinski definition) is 5. The number of nitrogen functional groups attached to an aromatic ring is 1. The number of benzene rings is 1. The van der Waals surface area contributed by atoms with Crippen molar-refractivity contribution in [1.29, 1.82) is 0 Å². The van der Waals surface area contributed by atoms with E-state index in [1.807, 2.05) is 0 Å². The topological polar surface area (TPSA) is 90.4 Å². The minimum atomic E-state index is -0.533. The van der Waals surface area contributed by atoms with Crippen molar-refractivity contribution in [3.63, 3.8) is 0 Å². The fourth-order valence-corrected chi connectivity index (χ4v) is 1.08. The Labute approximate surface area is 92.5 Å². The summed E-state index contributed by atoms with van der Waals surface area (Å²) in [5.41, 5.74) is 2.58. The van der Waals surface area contributed by atoms with Gasteiger partial charge in [0.05, 0.1) is 16.7 Å². The van der Waals surface area contributed by atoms with Crippen molar-refractivity contribution < 1.29 is 9.66 Å². The lowest BCUT2D eigenvalue weighted by molar-refractivity contribution is -0.384. The number of hydrogen-bond donors (Lipinski definition) is 2. The highest BCUT2D eigenvalue weighted by Gasteiger charge is 2.11. The SMILES string of the molecule is C#CC(C)Oc1cc(NN)cc([N+](=O)[O-])c1. The van der Waals surface area contributed by atoms with Crippen molar-refractivity contribution in [2.75, 3.05) is 5.43 Å². The lowest BCUT2D eigenvalue weighted by atomic mass is 10.2. The molecule has 0 heterocycles. The molecule has 0 spiro atoms. The van der Waals surface area contributed by atoms with Gasteiger partial charge in [-0.15, -0.1) is 6.42 Å². The van der Waals surface area contributed by atoms with Crippen LogP contribution in [0.4, 0.5) is 11.4 Å². The van der Waals surface area contributed by atoms with Gasteiger partial charge in [-0.1, -0.05) is 5.92 Å². The maximum absolute atomic E-state index is 10.6. The first-order valence-corrected chi connectivity index (χ1v) is 4.45. The maximum atomic E-state index is 10.6. The zero-order valence-corrected chi connectivity index (χ0v) is 8.64. The van der Waals surface area contributed by atoms with Gasteiger partial charge in [-0.3, -0.25) is 16.0 Å². The summed E-state index contributed by atoms with van der Waals surface area (Å²) in [7, 11) is 0. The maximum Gasteiger partial charge on any atom is 0.275 e. The molecule has 0 radical (unpaired) electrons. The van der Waals surface area contributed by atoms with E-state index in [-0.39, 0.29) is 5.69 Å². The molecular formula is C10H11N3O3. The molecule has 0 saturated carbocycles. The molecule has 0 aliphatic heterocycles. The normalized spacial score (nSPS) is 11.3. The Kier molecular flexibility index (Phi) is 3.69. The Morgan fingerprint density at radius 1 is 1.62 bits per heavy atom. The van der Waals surface area contributed by atoms with Crippen LogP contribution in [0.25, 0.3) is 0 Å². The molecule has 0 saturated heterocycles. The smallest absolute Gasteiger partial charge is 0.275 e. The van der Waals surface area contributed by atoms with Crippen LogP contribution in [0.1, 0.15) is 6.92 Å². The van der Waals surface area contributed by atoms with Crippen LogP contribution >= 0.6 is 0 Å². The lowest BCUT2D eigenvalue weighted by Crippen LogP contribution is -2.10. The Morgan fingerprint density at radius 3 is 2.81 bits per heavy atom. The fraction of sp³-hybridized carbons (Fsp3) is 0.200. The van der Waals surface area contributed by atoms with Crippen LogP contribution in [0.2, 0.25) is 0 Å². The summed E-state index contributed by atoms with van der Waals surface area (Å²) in [5, 5.41) is 10.6. The Hall–Kier alpha value is -2.26. The predicted octanol–water partition coefficient (Wildman–Crippen LogP) is 1.28. The molecule has 0 aliphatic rings. The van der Waals surface area contributed by atoms with Crippen molar-refractivity contribution in [1.82, 2.24) is 0 Å². The molecule has 6 nitrogen and oxygen atoms in total.